The van der Waals surface area contributed by atoms with E-state index >= 15 is 0 Å². The minimum Gasteiger partial charge on any atom is -0.399 e. The lowest BCUT2D eigenvalue weighted by atomic mass is 10.1. The number of anilines is 3. The molecule has 2 rings (SSSR count). The molecule has 0 fully saturated rings. The molecule has 0 aliphatic carbocycles. The highest BCUT2D eigenvalue weighted by Crippen LogP contribution is 2.17. The maximum atomic E-state index is 12.2. The van der Waals surface area contributed by atoms with Gasteiger partial charge in [-0.05, 0) is 48.9 Å². The first kappa shape index (κ1) is 14.6. The molecule has 0 radical (unpaired) electrons. The quantitative estimate of drug-likeness (QED) is 0.757. The molecule has 2 aromatic rings. The van der Waals surface area contributed by atoms with Crippen molar-refractivity contribution in [2.75, 3.05) is 16.4 Å². The number of aryl methyl sites for hydroxylation is 1. The molecule has 0 aromatic heterocycles. The van der Waals surface area contributed by atoms with Crippen molar-refractivity contribution in [2.24, 2.45) is 0 Å². The number of carbonyl (C=O) groups excluding carboxylic acids is 2. The van der Waals surface area contributed by atoms with Crippen molar-refractivity contribution in [1.29, 1.82) is 0 Å². The van der Waals surface area contributed by atoms with Gasteiger partial charge in [-0.3, -0.25) is 9.59 Å². The van der Waals surface area contributed by atoms with Gasteiger partial charge in [0.2, 0.25) is 5.91 Å². The zero-order valence-electron chi connectivity index (χ0n) is 11.9. The highest BCUT2D eigenvalue weighted by Gasteiger charge is 2.08. The molecule has 5 nitrogen and oxygen atoms in total. The molecule has 108 valence electrons. The van der Waals surface area contributed by atoms with E-state index in [-0.39, 0.29) is 11.8 Å². The molecule has 2 aromatic carbocycles. The lowest BCUT2D eigenvalue weighted by molar-refractivity contribution is -0.114. The van der Waals surface area contributed by atoms with Gasteiger partial charge in [-0.2, -0.15) is 0 Å². The highest BCUT2D eigenvalue weighted by molar-refractivity contribution is 6.05. The van der Waals surface area contributed by atoms with Crippen LogP contribution in [0.4, 0.5) is 17.1 Å². The summed E-state index contributed by atoms with van der Waals surface area (Å²) in [5.41, 5.74) is 9.02. The van der Waals surface area contributed by atoms with Crippen molar-refractivity contribution in [3.05, 3.63) is 53.6 Å². The number of nitrogen functional groups attached to an aromatic ring is 1. The molecule has 5 heteroatoms. The standard InChI is InChI=1S/C16H17N3O2/c1-10-8-12(6-7-15(10)17)16(21)19-14-5-3-4-13(9-14)18-11(2)20/h3-9H,17H2,1-2H3,(H,18,20)(H,19,21). The number of rotatable bonds is 3. The topological polar surface area (TPSA) is 84.2 Å². The van der Waals surface area contributed by atoms with Gasteiger partial charge in [0.25, 0.3) is 5.91 Å². The number of nitrogens with two attached hydrogens (primary N) is 1. The van der Waals surface area contributed by atoms with Gasteiger partial charge in [0.05, 0.1) is 0 Å². The third kappa shape index (κ3) is 3.82. The van der Waals surface area contributed by atoms with Crippen molar-refractivity contribution in [3.8, 4) is 0 Å². The Morgan fingerprint density at radius 2 is 1.67 bits per heavy atom. The number of benzene rings is 2. The molecule has 0 aliphatic rings. The number of hydrogen-bond acceptors (Lipinski definition) is 3. The van der Waals surface area contributed by atoms with Gasteiger partial charge in [-0.1, -0.05) is 6.07 Å². The average Bonchev–Trinajstić information content (AvgIpc) is 2.41. The maximum Gasteiger partial charge on any atom is 0.255 e. The summed E-state index contributed by atoms with van der Waals surface area (Å²) < 4.78 is 0. The Morgan fingerprint density at radius 1 is 1.00 bits per heavy atom. The summed E-state index contributed by atoms with van der Waals surface area (Å²) in [6.07, 6.45) is 0. The van der Waals surface area contributed by atoms with Gasteiger partial charge in [-0.25, -0.2) is 0 Å². The Hall–Kier alpha value is -2.82. The number of nitrogens with one attached hydrogen (secondary N) is 2. The summed E-state index contributed by atoms with van der Waals surface area (Å²) in [6, 6.07) is 12.1. The average molecular weight is 283 g/mol. The van der Waals surface area contributed by atoms with E-state index in [4.69, 9.17) is 5.73 Å². The second-order valence-corrected chi connectivity index (χ2v) is 4.79. The van der Waals surface area contributed by atoms with Crippen LogP contribution >= 0.6 is 0 Å². The van der Waals surface area contributed by atoms with E-state index < -0.39 is 0 Å². The van der Waals surface area contributed by atoms with Crippen molar-refractivity contribution >= 4 is 28.9 Å². The predicted molar refractivity (Wildman–Crippen MR) is 84.3 cm³/mol. The van der Waals surface area contributed by atoms with Crippen molar-refractivity contribution in [3.63, 3.8) is 0 Å². The smallest absolute Gasteiger partial charge is 0.255 e. The monoisotopic (exact) mass is 283 g/mol. The molecule has 4 N–H and O–H groups in total. The normalized spacial score (nSPS) is 10.0. The lowest BCUT2D eigenvalue weighted by Gasteiger charge is -2.09. The zero-order chi connectivity index (χ0) is 15.4. The second-order valence-electron chi connectivity index (χ2n) is 4.79. The van der Waals surface area contributed by atoms with Crippen LogP contribution in [0.3, 0.4) is 0 Å². The SMILES string of the molecule is CC(=O)Nc1cccc(NC(=O)c2ccc(N)c(C)c2)c1. The minimum absolute atomic E-state index is 0.160. The summed E-state index contributed by atoms with van der Waals surface area (Å²) in [5.74, 6) is -0.384. The van der Waals surface area contributed by atoms with Crippen LogP contribution in [-0.4, -0.2) is 11.8 Å². The second kappa shape index (κ2) is 6.09. The maximum absolute atomic E-state index is 12.2. The summed E-state index contributed by atoms with van der Waals surface area (Å²) in [7, 11) is 0. The fourth-order valence-electron chi connectivity index (χ4n) is 1.90. The minimum atomic E-state index is -0.224. The Labute approximate surface area is 123 Å². The van der Waals surface area contributed by atoms with E-state index in [1.165, 1.54) is 6.92 Å². The van der Waals surface area contributed by atoms with Crippen molar-refractivity contribution in [1.82, 2.24) is 0 Å². The van der Waals surface area contributed by atoms with Gasteiger partial charge in [0, 0.05) is 29.5 Å². The summed E-state index contributed by atoms with van der Waals surface area (Å²) in [6.45, 7) is 3.28. The summed E-state index contributed by atoms with van der Waals surface area (Å²) in [4.78, 5) is 23.2. The predicted octanol–water partition coefficient (Wildman–Crippen LogP) is 2.79. The number of hydrogen-bond donors (Lipinski definition) is 3. The molecule has 2 amide bonds. The van der Waals surface area contributed by atoms with Crippen LogP contribution in [-0.2, 0) is 4.79 Å². The van der Waals surface area contributed by atoms with E-state index in [1.807, 2.05) is 6.92 Å². The zero-order valence-corrected chi connectivity index (χ0v) is 11.9. The number of carbonyl (C=O) groups is 2. The van der Waals surface area contributed by atoms with Crippen LogP contribution < -0.4 is 16.4 Å². The van der Waals surface area contributed by atoms with E-state index in [2.05, 4.69) is 10.6 Å². The molecule has 0 saturated carbocycles. The molecular weight excluding hydrogens is 266 g/mol. The molecule has 0 aliphatic heterocycles. The molecule has 0 unspecified atom stereocenters. The van der Waals surface area contributed by atoms with Crippen LogP contribution in [0.15, 0.2) is 42.5 Å². The fourth-order valence-corrected chi connectivity index (χ4v) is 1.90. The summed E-state index contributed by atoms with van der Waals surface area (Å²) >= 11 is 0. The van der Waals surface area contributed by atoms with E-state index in [0.29, 0.717) is 22.6 Å². The van der Waals surface area contributed by atoms with Crippen LogP contribution in [0.2, 0.25) is 0 Å². The van der Waals surface area contributed by atoms with Crippen LogP contribution in [0.5, 0.6) is 0 Å². The Kier molecular flexibility index (Phi) is 4.23. The first-order chi connectivity index (χ1) is 9.95. The first-order valence-electron chi connectivity index (χ1n) is 6.51. The molecule has 0 spiro atoms. The molecule has 0 saturated heterocycles. The summed E-state index contributed by atoms with van der Waals surface area (Å²) in [5, 5.41) is 5.46. The fraction of sp³-hybridized carbons (Fsp3) is 0.125. The Bertz CT molecular complexity index is 696. The molecular formula is C16H17N3O2. The Balaban J connectivity index is 2.15. The van der Waals surface area contributed by atoms with E-state index in [9.17, 15) is 9.59 Å². The van der Waals surface area contributed by atoms with Crippen LogP contribution in [0.25, 0.3) is 0 Å². The van der Waals surface area contributed by atoms with Gasteiger partial charge in [-0.15, -0.1) is 0 Å². The first-order valence-corrected chi connectivity index (χ1v) is 6.51. The van der Waals surface area contributed by atoms with Crippen molar-refractivity contribution < 1.29 is 9.59 Å². The van der Waals surface area contributed by atoms with Crippen molar-refractivity contribution in [2.45, 2.75) is 13.8 Å². The highest BCUT2D eigenvalue weighted by atomic mass is 16.2. The largest absolute Gasteiger partial charge is 0.399 e. The van der Waals surface area contributed by atoms with E-state index in [1.54, 1.807) is 42.5 Å². The van der Waals surface area contributed by atoms with E-state index in [0.717, 1.165) is 5.56 Å². The third-order valence-electron chi connectivity index (χ3n) is 2.97. The molecule has 0 heterocycles. The molecule has 0 atom stereocenters. The van der Waals surface area contributed by atoms with Gasteiger partial charge < -0.3 is 16.4 Å². The lowest BCUT2D eigenvalue weighted by Crippen LogP contribution is -2.13. The third-order valence-corrected chi connectivity index (χ3v) is 2.97. The van der Waals surface area contributed by atoms with Gasteiger partial charge >= 0.3 is 0 Å². The van der Waals surface area contributed by atoms with Gasteiger partial charge in [0.15, 0.2) is 0 Å². The molecule has 21 heavy (non-hydrogen) atoms. The van der Waals surface area contributed by atoms with Gasteiger partial charge in [0.1, 0.15) is 0 Å². The number of amides is 2. The van der Waals surface area contributed by atoms with Crippen LogP contribution in [0.1, 0.15) is 22.8 Å². The Morgan fingerprint density at radius 3 is 2.29 bits per heavy atom. The van der Waals surface area contributed by atoms with Crippen LogP contribution in [0, 0.1) is 6.92 Å². The molecule has 0 bridgehead atoms.